The van der Waals surface area contributed by atoms with Gasteiger partial charge < -0.3 is 14.6 Å². The minimum Gasteiger partial charge on any atom is -0.480 e. The molecule has 0 fully saturated rings. The lowest BCUT2D eigenvalue weighted by Gasteiger charge is -2.12. The van der Waals surface area contributed by atoms with Crippen LogP contribution in [0.4, 0.5) is 0 Å². The molecule has 4 nitrogen and oxygen atoms in total. The molecule has 0 aromatic rings. The van der Waals surface area contributed by atoms with E-state index in [1.165, 1.54) is 96.3 Å². The van der Waals surface area contributed by atoms with Crippen LogP contribution in [0.2, 0.25) is 0 Å². The second-order valence-corrected chi connectivity index (χ2v) is 7.45. The zero-order valence-electron chi connectivity index (χ0n) is 17.5. The SMILES string of the molecule is CCCCCCCCCCCCCCCCCCOC(C)OCC(=O)O. The normalized spacial score (nSPS) is 12.4. The fourth-order valence-electron chi connectivity index (χ4n) is 3.14. The summed E-state index contributed by atoms with van der Waals surface area (Å²) in [7, 11) is 0. The van der Waals surface area contributed by atoms with Crippen LogP contribution < -0.4 is 0 Å². The van der Waals surface area contributed by atoms with Gasteiger partial charge in [-0.3, -0.25) is 0 Å². The predicted octanol–water partition coefficient (Wildman–Crippen LogP) is 6.71. The molecule has 0 aliphatic rings. The smallest absolute Gasteiger partial charge is 0.329 e. The molecule has 0 radical (unpaired) electrons. The van der Waals surface area contributed by atoms with Crippen molar-refractivity contribution in [1.82, 2.24) is 0 Å². The molecule has 0 aliphatic carbocycles. The molecule has 0 aromatic heterocycles. The number of hydrogen-bond donors (Lipinski definition) is 1. The highest BCUT2D eigenvalue weighted by Gasteiger charge is 2.04. The Labute approximate surface area is 162 Å². The highest BCUT2D eigenvalue weighted by atomic mass is 16.7. The first kappa shape index (κ1) is 25.4. The van der Waals surface area contributed by atoms with Crippen LogP contribution in [0.3, 0.4) is 0 Å². The lowest BCUT2D eigenvalue weighted by molar-refractivity contribution is -0.163. The van der Waals surface area contributed by atoms with Crippen molar-refractivity contribution in [1.29, 1.82) is 0 Å². The summed E-state index contributed by atoms with van der Waals surface area (Å²) in [5, 5.41) is 8.50. The molecular formula is C22H44O4. The number of ether oxygens (including phenoxy) is 2. The molecule has 0 rings (SSSR count). The van der Waals surface area contributed by atoms with Gasteiger partial charge in [0.15, 0.2) is 6.29 Å². The zero-order valence-corrected chi connectivity index (χ0v) is 17.5. The average molecular weight is 373 g/mol. The maximum absolute atomic E-state index is 10.4. The molecule has 1 unspecified atom stereocenters. The first-order chi connectivity index (χ1) is 12.7. The van der Waals surface area contributed by atoms with E-state index in [0.717, 1.165) is 6.42 Å². The van der Waals surface area contributed by atoms with Crippen LogP contribution in [-0.4, -0.2) is 30.6 Å². The summed E-state index contributed by atoms with van der Waals surface area (Å²) in [5.41, 5.74) is 0. The number of unbranched alkanes of at least 4 members (excludes halogenated alkanes) is 15. The molecule has 0 amide bonds. The van der Waals surface area contributed by atoms with Crippen LogP contribution in [0.25, 0.3) is 0 Å². The third-order valence-electron chi connectivity index (χ3n) is 4.79. The molecule has 0 spiro atoms. The molecule has 0 bridgehead atoms. The monoisotopic (exact) mass is 372 g/mol. The van der Waals surface area contributed by atoms with Crippen LogP contribution in [0, 0.1) is 0 Å². The minimum atomic E-state index is -0.956. The van der Waals surface area contributed by atoms with Gasteiger partial charge in [0.1, 0.15) is 6.61 Å². The van der Waals surface area contributed by atoms with Gasteiger partial charge in [0.25, 0.3) is 0 Å². The first-order valence-electron chi connectivity index (χ1n) is 11.1. The van der Waals surface area contributed by atoms with Gasteiger partial charge in [-0.25, -0.2) is 4.79 Å². The number of rotatable bonds is 21. The number of hydrogen-bond acceptors (Lipinski definition) is 3. The Balaban J connectivity index is 3.08. The van der Waals surface area contributed by atoms with Crippen LogP contribution >= 0.6 is 0 Å². The number of carboxylic acid groups (broad SMARTS) is 1. The Morgan fingerprint density at radius 3 is 1.46 bits per heavy atom. The molecule has 4 heteroatoms. The summed E-state index contributed by atoms with van der Waals surface area (Å²) in [6, 6.07) is 0. The van der Waals surface area contributed by atoms with E-state index in [2.05, 4.69) is 6.92 Å². The number of carboxylic acids is 1. The van der Waals surface area contributed by atoms with Crippen LogP contribution in [0.1, 0.15) is 117 Å². The summed E-state index contributed by atoms with van der Waals surface area (Å²) in [5.74, 6) is -0.956. The van der Waals surface area contributed by atoms with Crippen LogP contribution in [0.5, 0.6) is 0 Å². The van der Waals surface area contributed by atoms with Gasteiger partial charge in [-0.05, 0) is 13.3 Å². The maximum atomic E-state index is 10.4. The molecule has 0 aromatic carbocycles. The molecule has 1 atom stereocenters. The van der Waals surface area contributed by atoms with Crippen molar-refractivity contribution in [2.75, 3.05) is 13.2 Å². The van der Waals surface area contributed by atoms with E-state index < -0.39 is 12.3 Å². The average Bonchev–Trinajstić information content (AvgIpc) is 2.62. The van der Waals surface area contributed by atoms with Gasteiger partial charge in [-0.1, -0.05) is 103 Å². The number of carbonyl (C=O) groups is 1. The molecule has 0 heterocycles. The van der Waals surface area contributed by atoms with Gasteiger partial charge in [0, 0.05) is 6.61 Å². The van der Waals surface area contributed by atoms with Crippen LogP contribution in [0.15, 0.2) is 0 Å². The van der Waals surface area contributed by atoms with Gasteiger partial charge >= 0.3 is 5.97 Å². The summed E-state index contributed by atoms with van der Waals surface area (Å²) in [6.45, 7) is 4.38. The first-order valence-corrected chi connectivity index (χ1v) is 11.1. The van der Waals surface area contributed by atoms with Gasteiger partial charge in [0.2, 0.25) is 0 Å². The second kappa shape index (κ2) is 20.7. The summed E-state index contributed by atoms with van der Waals surface area (Å²) < 4.78 is 10.4. The lowest BCUT2D eigenvalue weighted by Crippen LogP contribution is -2.18. The van der Waals surface area contributed by atoms with Crippen molar-refractivity contribution in [2.45, 2.75) is 123 Å². The molecule has 1 N–H and O–H groups in total. The highest BCUT2D eigenvalue weighted by Crippen LogP contribution is 2.13. The van der Waals surface area contributed by atoms with Crippen molar-refractivity contribution in [3.63, 3.8) is 0 Å². The highest BCUT2D eigenvalue weighted by molar-refractivity contribution is 5.67. The third-order valence-corrected chi connectivity index (χ3v) is 4.79. The van der Waals surface area contributed by atoms with Crippen molar-refractivity contribution >= 4 is 5.97 Å². The van der Waals surface area contributed by atoms with Crippen molar-refractivity contribution in [2.24, 2.45) is 0 Å². The topological polar surface area (TPSA) is 55.8 Å². The van der Waals surface area contributed by atoms with Crippen molar-refractivity contribution in [3.05, 3.63) is 0 Å². The molecule has 0 saturated heterocycles. The second-order valence-electron chi connectivity index (χ2n) is 7.45. The fourth-order valence-corrected chi connectivity index (χ4v) is 3.14. The summed E-state index contributed by atoms with van der Waals surface area (Å²) in [6.07, 6.45) is 21.3. The third kappa shape index (κ3) is 21.4. The Kier molecular flexibility index (Phi) is 20.2. The summed E-state index contributed by atoms with van der Waals surface area (Å²) >= 11 is 0. The molecular weight excluding hydrogens is 328 g/mol. The molecule has 26 heavy (non-hydrogen) atoms. The standard InChI is InChI=1S/C22H44O4/c1-3-4-5-6-7-8-9-10-11-12-13-14-15-16-17-18-19-25-21(2)26-20-22(23)24/h21H,3-20H2,1-2H3,(H,23,24). The zero-order chi connectivity index (χ0) is 19.3. The minimum absolute atomic E-state index is 0.292. The Bertz CT molecular complexity index is 294. The van der Waals surface area contributed by atoms with Crippen molar-refractivity contribution in [3.8, 4) is 0 Å². The fraction of sp³-hybridized carbons (Fsp3) is 0.955. The van der Waals surface area contributed by atoms with Gasteiger partial charge in [-0.2, -0.15) is 0 Å². The van der Waals surface area contributed by atoms with Crippen molar-refractivity contribution < 1.29 is 19.4 Å². The maximum Gasteiger partial charge on any atom is 0.329 e. The Hall–Kier alpha value is -0.610. The Morgan fingerprint density at radius 1 is 0.692 bits per heavy atom. The van der Waals surface area contributed by atoms with Gasteiger partial charge in [-0.15, -0.1) is 0 Å². The predicted molar refractivity (Wildman–Crippen MR) is 109 cm³/mol. The van der Waals surface area contributed by atoms with Gasteiger partial charge in [0.05, 0.1) is 0 Å². The van der Waals surface area contributed by atoms with E-state index in [9.17, 15) is 4.79 Å². The van der Waals surface area contributed by atoms with E-state index >= 15 is 0 Å². The van der Waals surface area contributed by atoms with E-state index in [-0.39, 0.29) is 6.61 Å². The Morgan fingerprint density at radius 2 is 1.08 bits per heavy atom. The summed E-state index contributed by atoms with van der Waals surface area (Å²) in [4.78, 5) is 10.4. The lowest BCUT2D eigenvalue weighted by atomic mass is 10.0. The molecule has 0 aliphatic heterocycles. The molecule has 156 valence electrons. The van der Waals surface area contributed by atoms with E-state index in [0.29, 0.717) is 6.61 Å². The number of aliphatic carboxylic acids is 1. The van der Waals surface area contributed by atoms with E-state index in [1.54, 1.807) is 6.92 Å². The van der Waals surface area contributed by atoms with Crippen LogP contribution in [-0.2, 0) is 14.3 Å². The van der Waals surface area contributed by atoms with E-state index in [4.69, 9.17) is 14.6 Å². The largest absolute Gasteiger partial charge is 0.480 e. The molecule has 0 saturated carbocycles. The van der Waals surface area contributed by atoms with E-state index in [1.807, 2.05) is 0 Å². The quantitative estimate of drug-likeness (QED) is 0.180.